The number of nitrogens with one attached hydrogen (secondary N) is 1. The Morgan fingerprint density at radius 1 is 0.974 bits per heavy atom. The van der Waals surface area contributed by atoms with Crippen LogP contribution in [0.25, 0.3) is 0 Å². The van der Waals surface area contributed by atoms with E-state index in [4.69, 9.17) is 20.6 Å². The van der Waals surface area contributed by atoms with E-state index < -0.39 is 0 Å². The van der Waals surface area contributed by atoms with Gasteiger partial charge < -0.3 is 15.2 Å². The number of carbonyl (C=O) groups is 1. The lowest BCUT2D eigenvalue weighted by molar-refractivity contribution is -0.152. The molecule has 38 heavy (non-hydrogen) atoms. The Labute approximate surface area is 237 Å². The number of esters is 1. The van der Waals surface area contributed by atoms with Crippen molar-refractivity contribution in [1.29, 1.82) is 5.41 Å². The third kappa shape index (κ3) is 15.5. The zero-order chi connectivity index (χ0) is 26.6. The maximum absolute atomic E-state index is 12.6. The molecule has 0 saturated carbocycles. The molecule has 1 atom stereocenters. The van der Waals surface area contributed by atoms with Gasteiger partial charge in [0.2, 0.25) is 5.88 Å². The number of rotatable bonds is 21. The quantitative estimate of drug-likeness (QED) is 0.0733. The molecule has 0 bridgehead atoms. The number of hydrogen-bond donors (Lipinski definition) is 2. The van der Waals surface area contributed by atoms with Crippen LogP contribution in [0.2, 0.25) is 0 Å². The highest BCUT2D eigenvalue weighted by Gasteiger charge is 2.22. The summed E-state index contributed by atoms with van der Waals surface area (Å²) in [6.45, 7) is 5.18. The van der Waals surface area contributed by atoms with Crippen LogP contribution < -0.4 is 10.5 Å². The Bertz CT molecular complexity index is 759. The van der Waals surface area contributed by atoms with E-state index in [0.717, 1.165) is 25.9 Å². The first kappa shape index (κ1) is 34.2. The summed E-state index contributed by atoms with van der Waals surface area (Å²) in [5.41, 5.74) is 6.12. The Morgan fingerprint density at radius 2 is 1.55 bits per heavy atom. The number of halogens is 1. The van der Waals surface area contributed by atoms with Gasteiger partial charge >= 0.3 is 5.97 Å². The minimum absolute atomic E-state index is 0. The second-order valence-electron chi connectivity index (χ2n) is 10.5. The lowest BCUT2D eigenvalue weighted by atomic mass is 10.0. The van der Waals surface area contributed by atoms with E-state index in [9.17, 15) is 4.79 Å². The topological polar surface area (TPSA) is 102 Å². The molecule has 1 aliphatic rings. The summed E-state index contributed by atoms with van der Waals surface area (Å²) in [6, 6.07) is 3.44. The van der Waals surface area contributed by atoms with Crippen molar-refractivity contribution in [3.05, 3.63) is 23.9 Å². The zero-order valence-electron chi connectivity index (χ0n) is 23.8. The first-order chi connectivity index (χ1) is 18.1. The van der Waals surface area contributed by atoms with E-state index in [1.54, 1.807) is 18.3 Å². The molecule has 0 radical (unpaired) electrons. The number of unbranched alkanes of at least 4 members (excludes halogenated alkanes) is 12. The van der Waals surface area contributed by atoms with Gasteiger partial charge in [0.25, 0.3) is 0 Å². The monoisotopic (exact) mass is 552 g/mol. The molecule has 0 aromatic carbocycles. The summed E-state index contributed by atoms with van der Waals surface area (Å²) < 4.78 is 11.8. The standard InChI is InChI=1S/C30H52N4O3.ClH/c1-2-3-4-5-6-7-8-9-10-11-12-13-15-20-28(35)37-26(24-34-22-16-14-17-23-34)25-36-30-27(29(31)32)19-18-21-33-30;/h18-19,21,26H,2-17,20,22-25H2,1H3,(H3,31,32);1H. The molecule has 1 aromatic heterocycles. The Hall–Kier alpha value is -1.86. The van der Waals surface area contributed by atoms with E-state index in [0.29, 0.717) is 24.4 Å². The number of carbonyl (C=O) groups excluding carboxylic acids is 1. The molecule has 7 nitrogen and oxygen atoms in total. The smallest absolute Gasteiger partial charge is 0.306 e. The second kappa shape index (κ2) is 22.0. The Kier molecular flexibility index (Phi) is 19.8. The average Bonchev–Trinajstić information content (AvgIpc) is 2.90. The lowest BCUT2D eigenvalue weighted by Crippen LogP contribution is -2.41. The summed E-state index contributed by atoms with van der Waals surface area (Å²) >= 11 is 0. The van der Waals surface area contributed by atoms with Gasteiger partial charge in [-0.25, -0.2) is 4.98 Å². The molecule has 1 saturated heterocycles. The third-order valence-corrected chi connectivity index (χ3v) is 7.16. The van der Waals surface area contributed by atoms with Gasteiger partial charge in [0.15, 0.2) is 0 Å². The fourth-order valence-corrected chi connectivity index (χ4v) is 4.97. The van der Waals surface area contributed by atoms with Crippen LogP contribution in [-0.4, -0.2) is 54.0 Å². The van der Waals surface area contributed by atoms with E-state index in [2.05, 4.69) is 16.8 Å². The van der Waals surface area contributed by atoms with Crippen LogP contribution in [0.1, 0.15) is 122 Å². The minimum atomic E-state index is -0.366. The predicted molar refractivity (Wildman–Crippen MR) is 158 cm³/mol. The van der Waals surface area contributed by atoms with E-state index in [1.807, 2.05) is 0 Å². The molecular formula is C30H53ClN4O3. The number of nitrogen functional groups attached to an aromatic ring is 1. The summed E-state index contributed by atoms with van der Waals surface area (Å²) in [7, 11) is 0. The van der Waals surface area contributed by atoms with Crippen LogP contribution in [0.4, 0.5) is 0 Å². The summed E-state index contributed by atoms with van der Waals surface area (Å²) in [6.07, 6.45) is 22.0. The van der Waals surface area contributed by atoms with Crippen LogP contribution in [-0.2, 0) is 9.53 Å². The van der Waals surface area contributed by atoms with Gasteiger partial charge in [0, 0.05) is 19.2 Å². The molecule has 1 unspecified atom stereocenters. The molecule has 1 aliphatic heterocycles. The van der Waals surface area contributed by atoms with Gasteiger partial charge in [-0.15, -0.1) is 12.4 Å². The highest BCUT2D eigenvalue weighted by molar-refractivity contribution is 5.96. The van der Waals surface area contributed by atoms with Crippen molar-refractivity contribution in [2.45, 2.75) is 122 Å². The number of nitrogens with zero attached hydrogens (tertiary/aromatic N) is 2. The molecule has 3 N–H and O–H groups in total. The Morgan fingerprint density at radius 3 is 2.13 bits per heavy atom. The largest absolute Gasteiger partial charge is 0.473 e. The third-order valence-electron chi connectivity index (χ3n) is 7.16. The summed E-state index contributed by atoms with van der Waals surface area (Å²) in [4.78, 5) is 19.2. The van der Waals surface area contributed by atoms with Crippen molar-refractivity contribution in [3.63, 3.8) is 0 Å². The molecule has 0 amide bonds. The minimum Gasteiger partial charge on any atom is -0.473 e. The lowest BCUT2D eigenvalue weighted by Gasteiger charge is -2.30. The summed E-state index contributed by atoms with van der Waals surface area (Å²) in [5, 5.41) is 7.74. The highest BCUT2D eigenvalue weighted by atomic mass is 35.5. The number of amidine groups is 1. The van der Waals surface area contributed by atoms with Crippen molar-refractivity contribution < 1.29 is 14.3 Å². The molecule has 0 spiro atoms. The van der Waals surface area contributed by atoms with Gasteiger partial charge in [-0.3, -0.25) is 15.1 Å². The van der Waals surface area contributed by atoms with Gasteiger partial charge in [0.1, 0.15) is 18.5 Å². The number of ether oxygens (including phenoxy) is 2. The summed E-state index contributed by atoms with van der Waals surface area (Å²) in [5.74, 6) is 0.0720. The van der Waals surface area contributed by atoms with Crippen molar-refractivity contribution in [2.75, 3.05) is 26.2 Å². The van der Waals surface area contributed by atoms with Gasteiger partial charge in [0.05, 0.1) is 5.56 Å². The van der Waals surface area contributed by atoms with Gasteiger partial charge in [-0.05, 0) is 44.5 Å². The average molecular weight is 553 g/mol. The fraction of sp³-hybridized carbons (Fsp3) is 0.767. The number of aromatic nitrogens is 1. The zero-order valence-corrected chi connectivity index (χ0v) is 24.6. The predicted octanol–water partition coefficient (Wildman–Crippen LogP) is 7.05. The van der Waals surface area contributed by atoms with Crippen molar-refractivity contribution in [2.24, 2.45) is 5.73 Å². The number of hydrogen-bond acceptors (Lipinski definition) is 6. The molecule has 2 rings (SSSR count). The molecule has 1 fully saturated rings. The van der Waals surface area contributed by atoms with Crippen molar-refractivity contribution >= 4 is 24.2 Å². The van der Waals surface area contributed by atoms with Gasteiger partial charge in [-0.1, -0.05) is 90.4 Å². The van der Waals surface area contributed by atoms with E-state index >= 15 is 0 Å². The number of pyridine rings is 1. The van der Waals surface area contributed by atoms with Crippen LogP contribution in [0.15, 0.2) is 18.3 Å². The number of piperidine rings is 1. The van der Waals surface area contributed by atoms with Gasteiger partial charge in [-0.2, -0.15) is 0 Å². The first-order valence-corrected chi connectivity index (χ1v) is 14.9. The van der Waals surface area contributed by atoms with E-state index in [-0.39, 0.29) is 36.9 Å². The van der Waals surface area contributed by atoms with Crippen molar-refractivity contribution in [3.8, 4) is 5.88 Å². The molecule has 0 aliphatic carbocycles. The van der Waals surface area contributed by atoms with Crippen molar-refractivity contribution in [1.82, 2.24) is 9.88 Å². The molecular weight excluding hydrogens is 500 g/mol. The highest BCUT2D eigenvalue weighted by Crippen LogP contribution is 2.17. The second-order valence-corrected chi connectivity index (χ2v) is 10.5. The van der Waals surface area contributed by atoms with Crippen LogP contribution in [0, 0.1) is 5.41 Å². The maximum atomic E-state index is 12.6. The SMILES string of the molecule is CCCCCCCCCCCCCCCC(=O)OC(COc1ncccc1C(=N)N)CN1CCCCC1.Cl. The normalized spacial score (nSPS) is 14.4. The molecule has 218 valence electrons. The number of likely N-dealkylation sites (tertiary alicyclic amines) is 1. The maximum Gasteiger partial charge on any atom is 0.306 e. The van der Waals surface area contributed by atoms with Crippen LogP contribution in [0.3, 0.4) is 0 Å². The first-order valence-electron chi connectivity index (χ1n) is 14.9. The van der Waals surface area contributed by atoms with Crippen LogP contribution in [0.5, 0.6) is 5.88 Å². The van der Waals surface area contributed by atoms with E-state index in [1.165, 1.54) is 89.9 Å². The molecule has 1 aromatic rings. The molecule has 2 heterocycles. The van der Waals surface area contributed by atoms with Crippen LogP contribution >= 0.6 is 12.4 Å². The fourth-order valence-electron chi connectivity index (χ4n) is 4.97. The Balaban J connectivity index is 0.00000722. The number of nitrogens with two attached hydrogens (primary N) is 1. The molecule has 8 heteroatoms.